The zero-order valence-corrected chi connectivity index (χ0v) is 13.6. The van der Waals surface area contributed by atoms with E-state index in [1.54, 1.807) is 18.2 Å². The maximum absolute atomic E-state index is 11.1. The summed E-state index contributed by atoms with van der Waals surface area (Å²) in [4.78, 5) is 11.1. The molecule has 0 unspecified atom stereocenters. The number of carbonyl (C=O) groups is 1. The fourth-order valence-electron chi connectivity index (χ4n) is 1.98. The number of anilines is 1. The van der Waals surface area contributed by atoms with E-state index in [1.807, 2.05) is 19.9 Å². The lowest BCUT2D eigenvalue weighted by atomic mass is 10.2. The van der Waals surface area contributed by atoms with E-state index in [4.69, 9.17) is 33.0 Å². The number of aromatic carboxylic acids is 1. The van der Waals surface area contributed by atoms with Gasteiger partial charge in [0.05, 0.1) is 10.6 Å². The van der Waals surface area contributed by atoms with Crippen LogP contribution in [0.3, 0.4) is 0 Å². The fourth-order valence-corrected chi connectivity index (χ4v) is 2.40. The quantitative estimate of drug-likeness (QED) is 0.765. The summed E-state index contributed by atoms with van der Waals surface area (Å²) in [5.74, 6) is -0.368. The van der Waals surface area contributed by atoms with E-state index in [2.05, 4.69) is 5.32 Å². The average molecular weight is 340 g/mol. The summed E-state index contributed by atoms with van der Waals surface area (Å²) < 4.78 is 5.78. The summed E-state index contributed by atoms with van der Waals surface area (Å²) in [6.45, 7) is 3.72. The van der Waals surface area contributed by atoms with Gasteiger partial charge in [0.25, 0.3) is 0 Å². The summed E-state index contributed by atoms with van der Waals surface area (Å²) in [6, 6.07) is 10.1. The highest BCUT2D eigenvalue weighted by Crippen LogP contribution is 2.24. The lowest BCUT2D eigenvalue weighted by molar-refractivity contribution is 0.0697. The Morgan fingerprint density at radius 2 is 1.95 bits per heavy atom. The van der Waals surface area contributed by atoms with Crippen LogP contribution in [0.5, 0.6) is 5.75 Å². The molecule has 0 bridgehead atoms. The highest BCUT2D eigenvalue weighted by Gasteiger charge is 2.11. The van der Waals surface area contributed by atoms with Crippen molar-refractivity contribution >= 4 is 34.9 Å². The van der Waals surface area contributed by atoms with Crippen LogP contribution in [-0.4, -0.2) is 17.3 Å². The largest absolute Gasteiger partial charge is 0.478 e. The first-order chi connectivity index (χ1) is 10.4. The van der Waals surface area contributed by atoms with Crippen molar-refractivity contribution in [2.45, 2.75) is 20.1 Å². The number of aryl methyl sites for hydroxylation is 1. The van der Waals surface area contributed by atoms with Crippen molar-refractivity contribution in [3.63, 3.8) is 0 Å². The summed E-state index contributed by atoms with van der Waals surface area (Å²) in [7, 11) is 0. The normalized spacial score (nSPS) is 11.8. The van der Waals surface area contributed by atoms with E-state index >= 15 is 0 Å². The predicted molar refractivity (Wildman–Crippen MR) is 88.3 cm³/mol. The molecule has 0 aliphatic carbocycles. The zero-order valence-electron chi connectivity index (χ0n) is 12.1. The molecule has 0 aliphatic heterocycles. The smallest absolute Gasteiger partial charge is 0.337 e. The highest BCUT2D eigenvalue weighted by atomic mass is 35.5. The van der Waals surface area contributed by atoms with Crippen molar-refractivity contribution in [3.05, 3.63) is 57.6 Å². The number of hydrogen-bond acceptors (Lipinski definition) is 3. The maximum Gasteiger partial charge on any atom is 0.337 e. The Morgan fingerprint density at radius 1 is 1.23 bits per heavy atom. The van der Waals surface area contributed by atoms with Crippen LogP contribution in [0.15, 0.2) is 36.4 Å². The van der Waals surface area contributed by atoms with Crippen LogP contribution < -0.4 is 10.1 Å². The van der Waals surface area contributed by atoms with E-state index < -0.39 is 5.97 Å². The topological polar surface area (TPSA) is 58.6 Å². The molecule has 0 saturated heterocycles. The van der Waals surface area contributed by atoms with Crippen LogP contribution in [0.25, 0.3) is 0 Å². The summed E-state index contributed by atoms with van der Waals surface area (Å²) in [5.41, 5.74) is 1.57. The van der Waals surface area contributed by atoms with E-state index in [9.17, 15) is 4.79 Å². The molecule has 0 aromatic heterocycles. The minimum atomic E-state index is -1.07. The Kier molecular flexibility index (Phi) is 5.16. The van der Waals surface area contributed by atoms with Gasteiger partial charge in [0.15, 0.2) is 6.23 Å². The molecule has 22 heavy (non-hydrogen) atoms. The summed E-state index contributed by atoms with van der Waals surface area (Å²) >= 11 is 11.7. The van der Waals surface area contributed by atoms with E-state index in [1.165, 1.54) is 12.1 Å². The van der Waals surface area contributed by atoms with Crippen LogP contribution in [-0.2, 0) is 0 Å². The van der Waals surface area contributed by atoms with Gasteiger partial charge in [-0.3, -0.25) is 0 Å². The van der Waals surface area contributed by atoms with Gasteiger partial charge in [-0.05, 0) is 55.8 Å². The molecule has 116 valence electrons. The van der Waals surface area contributed by atoms with Crippen LogP contribution >= 0.6 is 23.2 Å². The van der Waals surface area contributed by atoms with Crippen molar-refractivity contribution in [2.75, 3.05) is 5.32 Å². The lowest BCUT2D eigenvalue weighted by Crippen LogP contribution is -2.22. The molecule has 2 aromatic rings. The standard InChI is InChI=1S/C16H15Cl2NO3/c1-9-7-11(17)3-6-15(9)22-10(2)19-12-4-5-14(18)13(8-12)16(20)21/h3-8,10,19H,1-2H3,(H,20,21)/t10-/m1/s1. The molecule has 0 heterocycles. The average Bonchev–Trinajstić information content (AvgIpc) is 2.44. The van der Waals surface area contributed by atoms with Crippen molar-refractivity contribution in [1.29, 1.82) is 0 Å². The SMILES string of the molecule is Cc1cc(Cl)ccc1O[C@H](C)Nc1ccc(Cl)c(C(=O)O)c1. The number of halogens is 2. The highest BCUT2D eigenvalue weighted by molar-refractivity contribution is 6.33. The van der Waals surface area contributed by atoms with Gasteiger partial charge in [0.1, 0.15) is 5.75 Å². The molecule has 0 saturated carbocycles. The van der Waals surface area contributed by atoms with Gasteiger partial charge in [-0.1, -0.05) is 23.2 Å². The minimum absolute atomic E-state index is 0.0431. The predicted octanol–water partition coefficient (Wildman–Crippen LogP) is 4.84. The van der Waals surface area contributed by atoms with E-state index in [-0.39, 0.29) is 16.8 Å². The first kappa shape index (κ1) is 16.5. The Balaban J connectivity index is 2.10. The maximum atomic E-state index is 11.1. The minimum Gasteiger partial charge on any atom is -0.478 e. The molecule has 0 spiro atoms. The molecule has 0 aliphatic rings. The van der Waals surface area contributed by atoms with Gasteiger partial charge in [0.2, 0.25) is 0 Å². The molecular weight excluding hydrogens is 325 g/mol. The van der Waals surface area contributed by atoms with Crippen molar-refractivity contribution in [2.24, 2.45) is 0 Å². The van der Waals surface area contributed by atoms with Gasteiger partial charge in [-0.25, -0.2) is 4.79 Å². The molecule has 2 aromatic carbocycles. The third-order valence-electron chi connectivity index (χ3n) is 3.01. The summed E-state index contributed by atoms with van der Waals surface area (Å²) in [6.07, 6.45) is -0.359. The van der Waals surface area contributed by atoms with Gasteiger partial charge >= 0.3 is 5.97 Å². The number of benzene rings is 2. The number of carboxylic acid groups (broad SMARTS) is 1. The molecule has 4 nitrogen and oxygen atoms in total. The molecule has 1 atom stereocenters. The van der Waals surface area contributed by atoms with Crippen molar-refractivity contribution in [1.82, 2.24) is 0 Å². The zero-order chi connectivity index (χ0) is 16.3. The van der Waals surface area contributed by atoms with Crippen molar-refractivity contribution < 1.29 is 14.6 Å². The van der Waals surface area contributed by atoms with Gasteiger partial charge < -0.3 is 15.2 Å². The van der Waals surface area contributed by atoms with E-state index in [0.717, 1.165) is 5.56 Å². The number of rotatable bonds is 5. The summed E-state index contributed by atoms with van der Waals surface area (Å²) in [5, 5.41) is 13.0. The third-order valence-corrected chi connectivity index (χ3v) is 3.57. The van der Waals surface area contributed by atoms with Gasteiger partial charge in [-0.2, -0.15) is 0 Å². The number of ether oxygens (including phenoxy) is 1. The van der Waals surface area contributed by atoms with Crippen LogP contribution in [0.2, 0.25) is 10.0 Å². The first-order valence-corrected chi connectivity index (χ1v) is 7.34. The Labute approximate surface area is 138 Å². The molecule has 2 N–H and O–H groups in total. The van der Waals surface area contributed by atoms with Crippen molar-refractivity contribution in [3.8, 4) is 5.75 Å². The first-order valence-electron chi connectivity index (χ1n) is 6.59. The lowest BCUT2D eigenvalue weighted by Gasteiger charge is -2.19. The third kappa shape index (κ3) is 4.06. The molecule has 6 heteroatoms. The van der Waals surface area contributed by atoms with Crippen LogP contribution in [0.4, 0.5) is 5.69 Å². The van der Waals surface area contributed by atoms with Gasteiger partial charge in [0, 0.05) is 10.7 Å². The second-order valence-electron chi connectivity index (χ2n) is 4.81. The second kappa shape index (κ2) is 6.90. The molecular formula is C16H15Cl2NO3. The molecule has 0 fully saturated rings. The Bertz CT molecular complexity index is 704. The molecule has 0 amide bonds. The van der Waals surface area contributed by atoms with E-state index in [0.29, 0.717) is 16.5 Å². The Morgan fingerprint density at radius 3 is 2.59 bits per heavy atom. The monoisotopic (exact) mass is 339 g/mol. The second-order valence-corrected chi connectivity index (χ2v) is 5.66. The molecule has 0 radical (unpaired) electrons. The number of nitrogens with one attached hydrogen (secondary N) is 1. The number of hydrogen-bond donors (Lipinski definition) is 2. The van der Waals surface area contributed by atoms with Gasteiger partial charge in [-0.15, -0.1) is 0 Å². The Hall–Kier alpha value is -1.91. The van der Waals surface area contributed by atoms with Crippen LogP contribution in [0, 0.1) is 6.92 Å². The molecule has 2 rings (SSSR count). The van der Waals surface area contributed by atoms with Crippen LogP contribution in [0.1, 0.15) is 22.8 Å². The number of carboxylic acids is 1. The fraction of sp³-hybridized carbons (Fsp3) is 0.188.